The van der Waals surface area contributed by atoms with Gasteiger partial charge in [0.05, 0.1) is 17.3 Å². The molecule has 5 nitrogen and oxygen atoms in total. The van der Waals surface area contributed by atoms with Gasteiger partial charge in [-0.3, -0.25) is 0 Å². The quantitative estimate of drug-likeness (QED) is 0.795. The topological polar surface area (TPSA) is 67.7 Å². The monoisotopic (exact) mass is 334 g/mol. The molecular weight excluding hydrogens is 324 g/mol. The molecule has 3 heterocycles. The Morgan fingerprint density at radius 2 is 2.25 bits per heavy atom. The Kier molecular flexibility index (Phi) is 3.31. The van der Waals surface area contributed by atoms with Crippen LogP contribution in [0.25, 0.3) is 5.52 Å². The molecule has 20 heavy (non-hydrogen) atoms. The Hall–Kier alpha value is -2.08. The van der Waals surface area contributed by atoms with Crippen molar-refractivity contribution >= 4 is 27.4 Å². The normalized spacial score (nSPS) is 11.1. The maximum Gasteiger partial charge on any atom is 0.335 e. The molecule has 3 aromatic rings. The lowest BCUT2D eigenvalue weighted by atomic mass is 10.2. The van der Waals surface area contributed by atoms with E-state index in [4.69, 9.17) is 9.52 Å². The van der Waals surface area contributed by atoms with Crippen molar-refractivity contribution in [3.05, 3.63) is 58.5 Å². The third-order valence-electron chi connectivity index (χ3n) is 3.09. The van der Waals surface area contributed by atoms with E-state index < -0.39 is 5.97 Å². The van der Waals surface area contributed by atoms with Crippen LogP contribution in [0, 0.1) is 0 Å². The average Bonchev–Trinajstić information content (AvgIpc) is 3.05. The van der Waals surface area contributed by atoms with E-state index in [1.54, 1.807) is 24.6 Å². The van der Waals surface area contributed by atoms with Gasteiger partial charge in [0, 0.05) is 19.0 Å². The van der Waals surface area contributed by atoms with Crippen LogP contribution in [0.1, 0.15) is 21.9 Å². The van der Waals surface area contributed by atoms with Crippen LogP contribution in [0.4, 0.5) is 0 Å². The van der Waals surface area contributed by atoms with Crippen LogP contribution in [0.5, 0.6) is 0 Å². The van der Waals surface area contributed by atoms with E-state index in [2.05, 4.69) is 20.9 Å². The molecular formula is C14H11BrN2O3. The molecule has 0 amide bonds. The predicted molar refractivity (Wildman–Crippen MR) is 76.0 cm³/mol. The first-order valence-corrected chi connectivity index (χ1v) is 6.86. The van der Waals surface area contributed by atoms with Gasteiger partial charge in [0.1, 0.15) is 16.2 Å². The Bertz CT molecular complexity index is 762. The maximum absolute atomic E-state index is 11.0. The number of hydrogen-bond acceptors (Lipinski definition) is 3. The molecule has 0 unspecified atom stereocenters. The van der Waals surface area contributed by atoms with Crippen LogP contribution in [0.15, 0.2) is 45.7 Å². The molecule has 6 heteroatoms. The number of nitrogens with zero attached hydrogens (tertiary/aromatic N) is 2. The highest BCUT2D eigenvalue weighted by molar-refractivity contribution is 9.10. The van der Waals surface area contributed by atoms with Gasteiger partial charge in [0.25, 0.3) is 0 Å². The standard InChI is InChI=1S/C14H11BrN2O3/c15-13-11-8-9(14(18)19)5-6-17(11)12(16-13)4-3-10-2-1-7-20-10/h1-2,5-8H,3-4H2,(H,18,19). The molecule has 0 bridgehead atoms. The molecule has 0 aliphatic carbocycles. The average molecular weight is 335 g/mol. The second-order valence-corrected chi connectivity index (χ2v) is 5.13. The number of aromatic carboxylic acids is 1. The zero-order valence-corrected chi connectivity index (χ0v) is 12.0. The molecule has 0 saturated heterocycles. The lowest BCUT2D eigenvalue weighted by Gasteiger charge is -2.01. The summed E-state index contributed by atoms with van der Waals surface area (Å²) >= 11 is 3.37. The van der Waals surface area contributed by atoms with Crippen LogP contribution < -0.4 is 0 Å². The Labute approximate surface area is 123 Å². The smallest absolute Gasteiger partial charge is 0.335 e. The highest BCUT2D eigenvalue weighted by atomic mass is 79.9. The van der Waals surface area contributed by atoms with Crippen molar-refractivity contribution in [1.82, 2.24) is 9.38 Å². The number of pyridine rings is 1. The zero-order chi connectivity index (χ0) is 14.1. The second-order valence-electron chi connectivity index (χ2n) is 4.37. The molecule has 0 aliphatic heterocycles. The van der Waals surface area contributed by atoms with Crippen LogP contribution in [-0.2, 0) is 12.8 Å². The van der Waals surface area contributed by atoms with Crippen molar-refractivity contribution in [2.45, 2.75) is 12.8 Å². The third kappa shape index (κ3) is 2.34. The number of aryl methyl sites for hydroxylation is 2. The number of fused-ring (bicyclic) bond motifs is 1. The maximum atomic E-state index is 11.0. The van der Waals surface area contributed by atoms with E-state index in [1.807, 2.05) is 16.5 Å². The summed E-state index contributed by atoms with van der Waals surface area (Å²) in [6.45, 7) is 0. The Morgan fingerprint density at radius 3 is 2.95 bits per heavy atom. The van der Waals surface area contributed by atoms with Gasteiger partial charge in [-0.25, -0.2) is 9.78 Å². The molecule has 0 radical (unpaired) electrons. The van der Waals surface area contributed by atoms with Crippen LogP contribution in [0.3, 0.4) is 0 Å². The minimum absolute atomic E-state index is 0.246. The largest absolute Gasteiger partial charge is 0.478 e. The second kappa shape index (κ2) is 5.13. The first-order chi connectivity index (χ1) is 9.65. The number of aromatic nitrogens is 2. The van der Waals surface area contributed by atoms with Gasteiger partial charge < -0.3 is 13.9 Å². The molecule has 3 rings (SSSR count). The predicted octanol–water partition coefficient (Wildman–Crippen LogP) is 3.17. The number of carbonyl (C=O) groups is 1. The fraction of sp³-hybridized carbons (Fsp3) is 0.143. The van der Waals surface area contributed by atoms with Crippen molar-refractivity contribution in [2.75, 3.05) is 0 Å². The van der Waals surface area contributed by atoms with E-state index in [1.165, 1.54) is 0 Å². The summed E-state index contributed by atoms with van der Waals surface area (Å²) in [5.41, 5.74) is 0.995. The van der Waals surface area contributed by atoms with Crippen molar-refractivity contribution in [1.29, 1.82) is 0 Å². The number of carboxylic acid groups (broad SMARTS) is 1. The number of imidazole rings is 1. The van der Waals surface area contributed by atoms with Gasteiger partial charge in [0.2, 0.25) is 0 Å². The van der Waals surface area contributed by atoms with Gasteiger partial charge >= 0.3 is 5.97 Å². The summed E-state index contributed by atoms with van der Waals surface area (Å²) in [6.07, 6.45) is 4.84. The van der Waals surface area contributed by atoms with Crippen LogP contribution in [-0.4, -0.2) is 20.5 Å². The molecule has 1 N–H and O–H groups in total. The number of rotatable bonds is 4. The van der Waals surface area contributed by atoms with Gasteiger partial charge in [-0.05, 0) is 40.2 Å². The van der Waals surface area contributed by atoms with E-state index in [0.717, 1.165) is 23.5 Å². The van der Waals surface area contributed by atoms with Crippen LogP contribution in [0.2, 0.25) is 0 Å². The Balaban J connectivity index is 1.94. The lowest BCUT2D eigenvalue weighted by molar-refractivity contribution is 0.0697. The lowest BCUT2D eigenvalue weighted by Crippen LogP contribution is -2.00. The minimum Gasteiger partial charge on any atom is -0.478 e. The SMILES string of the molecule is O=C(O)c1ccn2c(CCc3ccco3)nc(Br)c2c1. The summed E-state index contributed by atoms with van der Waals surface area (Å²) in [6, 6.07) is 6.96. The number of furan rings is 1. The fourth-order valence-electron chi connectivity index (χ4n) is 2.11. The molecule has 0 aliphatic rings. The van der Waals surface area contributed by atoms with Crippen molar-refractivity contribution in [3.8, 4) is 0 Å². The molecule has 102 valence electrons. The van der Waals surface area contributed by atoms with Gasteiger partial charge in [-0.2, -0.15) is 0 Å². The number of hydrogen-bond donors (Lipinski definition) is 1. The molecule has 0 spiro atoms. The van der Waals surface area contributed by atoms with Crippen LogP contribution >= 0.6 is 15.9 Å². The fourth-order valence-corrected chi connectivity index (χ4v) is 2.62. The molecule has 0 saturated carbocycles. The number of halogens is 1. The highest BCUT2D eigenvalue weighted by Crippen LogP contribution is 2.21. The van der Waals surface area contributed by atoms with Crippen molar-refractivity contribution in [2.24, 2.45) is 0 Å². The summed E-state index contributed by atoms with van der Waals surface area (Å²) in [7, 11) is 0. The summed E-state index contributed by atoms with van der Waals surface area (Å²) in [5, 5.41) is 9.01. The first kappa shape index (κ1) is 12.9. The third-order valence-corrected chi connectivity index (χ3v) is 3.68. The molecule has 0 aromatic carbocycles. The van der Waals surface area contributed by atoms with Gasteiger partial charge in [0.15, 0.2) is 0 Å². The summed E-state index contributed by atoms with van der Waals surface area (Å²) < 4.78 is 7.83. The molecule has 0 atom stereocenters. The number of carboxylic acids is 1. The van der Waals surface area contributed by atoms with Crippen molar-refractivity contribution < 1.29 is 14.3 Å². The molecule has 3 aromatic heterocycles. The molecule has 0 fully saturated rings. The summed E-state index contributed by atoms with van der Waals surface area (Å²) in [4.78, 5) is 15.4. The zero-order valence-electron chi connectivity index (χ0n) is 10.4. The summed E-state index contributed by atoms with van der Waals surface area (Å²) in [5.74, 6) is 0.818. The first-order valence-electron chi connectivity index (χ1n) is 6.07. The van der Waals surface area contributed by atoms with E-state index in [-0.39, 0.29) is 5.56 Å². The van der Waals surface area contributed by atoms with E-state index >= 15 is 0 Å². The minimum atomic E-state index is -0.947. The van der Waals surface area contributed by atoms with Crippen molar-refractivity contribution in [3.63, 3.8) is 0 Å². The van der Waals surface area contributed by atoms with E-state index in [0.29, 0.717) is 11.0 Å². The van der Waals surface area contributed by atoms with E-state index in [9.17, 15) is 4.79 Å². The van der Waals surface area contributed by atoms with Gasteiger partial charge in [-0.1, -0.05) is 0 Å². The van der Waals surface area contributed by atoms with Gasteiger partial charge in [-0.15, -0.1) is 0 Å². The highest BCUT2D eigenvalue weighted by Gasteiger charge is 2.12. The Morgan fingerprint density at radius 1 is 1.40 bits per heavy atom.